The van der Waals surface area contributed by atoms with E-state index in [1.54, 1.807) is 7.11 Å². The van der Waals surface area contributed by atoms with E-state index in [9.17, 15) is 0 Å². The molecule has 0 saturated carbocycles. The quantitative estimate of drug-likeness (QED) is 0.460. The number of anilines is 1. The molecule has 0 aromatic heterocycles. The average Bonchev–Trinajstić information content (AvgIpc) is 3.08. The van der Waals surface area contributed by atoms with Gasteiger partial charge in [0.05, 0.1) is 13.2 Å². The van der Waals surface area contributed by atoms with Gasteiger partial charge in [0.15, 0.2) is 5.96 Å². The first-order valence-corrected chi connectivity index (χ1v) is 8.25. The van der Waals surface area contributed by atoms with E-state index in [4.69, 9.17) is 4.74 Å². The lowest BCUT2D eigenvalue weighted by Crippen LogP contribution is -2.43. The van der Waals surface area contributed by atoms with Crippen LogP contribution in [0.4, 0.5) is 5.69 Å². The molecular weight excluding hydrogens is 288 g/mol. The van der Waals surface area contributed by atoms with Crippen LogP contribution in [-0.2, 0) is 11.3 Å². The molecule has 5 nitrogen and oxygen atoms in total. The fourth-order valence-corrected chi connectivity index (χ4v) is 2.56. The van der Waals surface area contributed by atoms with Gasteiger partial charge in [0.2, 0.25) is 0 Å². The van der Waals surface area contributed by atoms with Crippen molar-refractivity contribution < 1.29 is 4.74 Å². The molecule has 0 fully saturated rings. The minimum absolute atomic E-state index is 0.222. The lowest BCUT2D eigenvalue weighted by Gasteiger charge is -2.19. The summed E-state index contributed by atoms with van der Waals surface area (Å²) in [4.78, 5) is 7.02. The van der Waals surface area contributed by atoms with E-state index in [2.05, 4.69) is 70.8 Å². The van der Waals surface area contributed by atoms with Crippen molar-refractivity contribution in [3.05, 3.63) is 42.0 Å². The van der Waals surface area contributed by atoms with Gasteiger partial charge in [0, 0.05) is 38.5 Å². The first-order chi connectivity index (χ1) is 11.2. The number of hydrogen-bond donors (Lipinski definition) is 2. The van der Waals surface area contributed by atoms with Crippen molar-refractivity contribution in [2.45, 2.75) is 26.4 Å². The molecule has 0 aliphatic carbocycles. The van der Waals surface area contributed by atoms with E-state index < -0.39 is 0 Å². The maximum absolute atomic E-state index is 5.16. The summed E-state index contributed by atoms with van der Waals surface area (Å²) in [5, 5.41) is 6.63. The summed E-state index contributed by atoms with van der Waals surface area (Å²) in [6.45, 7) is 8.28. The van der Waals surface area contributed by atoms with Crippen molar-refractivity contribution in [3.63, 3.8) is 0 Å². The Morgan fingerprint density at radius 3 is 2.83 bits per heavy atom. The Hall–Kier alpha value is -2.01. The smallest absolute Gasteiger partial charge is 0.191 e. The van der Waals surface area contributed by atoms with E-state index in [1.165, 1.54) is 11.3 Å². The van der Waals surface area contributed by atoms with Crippen LogP contribution in [0.25, 0.3) is 0 Å². The molecule has 1 aliphatic rings. The topological polar surface area (TPSA) is 48.9 Å². The Balaban J connectivity index is 1.99. The van der Waals surface area contributed by atoms with Crippen LogP contribution >= 0.6 is 0 Å². The van der Waals surface area contributed by atoms with E-state index in [1.807, 2.05) is 0 Å². The number of rotatable bonds is 7. The molecule has 1 aromatic carbocycles. The van der Waals surface area contributed by atoms with Crippen molar-refractivity contribution in [2.75, 3.05) is 38.3 Å². The fraction of sp³-hybridized carbons (Fsp3) is 0.500. The van der Waals surface area contributed by atoms with Gasteiger partial charge in [0.25, 0.3) is 0 Å². The molecular formula is C18H28N4O. The molecule has 1 atom stereocenters. The van der Waals surface area contributed by atoms with E-state index in [0.717, 1.165) is 25.6 Å². The second-order valence-electron chi connectivity index (χ2n) is 5.74. The molecule has 0 radical (unpaired) electrons. The molecule has 2 rings (SSSR count). The van der Waals surface area contributed by atoms with Gasteiger partial charge in [-0.1, -0.05) is 24.3 Å². The van der Waals surface area contributed by atoms with Gasteiger partial charge in [-0.25, -0.2) is 4.99 Å². The first kappa shape index (κ1) is 17.3. The molecule has 0 bridgehead atoms. The lowest BCUT2D eigenvalue weighted by molar-refractivity contribution is 0.179. The molecule has 1 aliphatic heterocycles. The minimum Gasteiger partial charge on any atom is -0.383 e. The normalized spacial score (nSPS) is 15.8. The maximum atomic E-state index is 5.16. The van der Waals surface area contributed by atoms with Crippen molar-refractivity contribution in [2.24, 2.45) is 4.99 Å². The highest BCUT2D eigenvalue weighted by Gasteiger charge is 2.08. The van der Waals surface area contributed by atoms with Crippen LogP contribution in [0.15, 0.2) is 41.4 Å². The third-order valence-electron chi connectivity index (χ3n) is 3.66. The average molecular weight is 316 g/mol. The standard InChI is InChI=1S/C18H28N4O/c1-4-19-18(21-15(2)14-23-3)20-13-16-8-7-9-17(12-16)22-10-5-6-11-22/h5-9,12,15H,4,10-11,13-14H2,1-3H3,(H2,19,20,21). The number of benzene rings is 1. The van der Waals surface area contributed by atoms with Gasteiger partial charge in [-0.15, -0.1) is 0 Å². The van der Waals surface area contributed by atoms with E-state index >= 15 is 0 Å². The van der Waals surface area contributed by atoms with Crippen LogP contribution in [0.3, 0.4) is 0 Å². The van der Waals surface area contributed by atoms with Gasteiger partial charge < -0.3 is 20.3 Å². The summed E-state index contributed by atoms with van der Waals surface area (Å²) in [6.07, 6.45) is 4.41. The largest absolute Gasteiger partial charge is 0.383 e. The highest BCUT2D eigenvalue weighted by Crippen LogP contribution is 2.18. The monoisotopic (exact) mass is 316 g/mol. The summed E-state index contributed by atoms with van der Waals surface area (Å²) in [7, 11) is 1.71. The molecule has 126 valence electrons. The summed E-state index contributed by atoms with van der Waals surface area (Å²) in [5.41, 5.74) is 2.47. The number of nitrogens with zero attached hydrogens (tertiary/aromatic N) is 2. The van der Waals surface area contributed by atoms with Gasteiger partial charge in [-0.3, -0.25) is 0 Å². The van der Waals surface area contributed by atoms with Crippen molar-refractivity contribution in [3.8, 4) is 0 Å². The van der Waals surface area contributed by atoms with Gasteiger partial charge in [-0.05, 0) is 31.5 Å². The lowest BCUT2D eigenvalue weighted by atomic mass is 10.2. The summed E-state index contributed by atoms with van der Waals surface area (Å²) < 4.78 is 5.16. The van der Waals surface area contributed by atoms with Gasteiger partial charge >= 0.3 is 0 Å². The fourth-order valence-electron chi connectivity index (χ4n) is 2.56. The predicted molar refractivity (Wildman–Crippen MR) is 97.1 cm³/mol. The van der Waals surface area contributed by atoms with Crippen molar-refractivity contribution >= 4 is 11.6 Å². The Bertz CT molecular complexity index is 534. The molecule has 0 saturated heterocycles. The van der Waals surface area contributed by atoms with Crippen LogP contribution in [0.1, 0.15) is 19.4 Å². The van der Waals surface area contributed by atoms with Crippen LogP contribution < -0.4 is 15.5 Å². The van der Waals surface area contributed by atoms with Crippen molar-refractivity contribution in [1.82, 2.24) is 10.6 Å². The van der Waals surface area contributed by atoms with Crippen LogP contribution in [0.5, 0.6) is 0 Å². The second-order valence-corrected chi connectivity index (χ2v) is 5.74. The molecule has 1 heterocycles. The Morgan fingerprint density at radius 1 is 1.35 bits per heavy atom. The molecule has 1 aromatic rings. The molecule has 1 unspecified atom stereocenters. The number of hydrogen-bond acceptors (Lipinski definition) is 3. The zero-order valence-corrected chi connectivity index (χ0v) is 14.4. The Kier molecular flexibility index (Phi) is 6.94. The highest BCUT2D eigenvalue weighted by molar-refractivity contribution is 5.80. The van der Waals surface area contributed by atoms with Crippen molar-refractivity contribution in [1.29, 1.82) is 0 Å². The molecule has 0 amide bonds. The molecule has 23 heavy (non-hydrogen) atoms. The summed E-state index contributed by atoms with van der Waals surface area (Å²) in [5.74, 6) is 0.824. The second kappa shape index (κ2) is 9.20. The SMILES string of the molecule is CCNC(=NCc1cccc(N2CC=CC2)c1)NC(C)COC. The molecule has 5 heteroatoms. The Labute approximate surface area is 139 Å². The number of nitrogens with one attached hydrogen (secondary N) is 2. The number of ether oxygens (including phenoxy) is 1. The molecule has 0 spiro atoms. The van der Waals surface area contributed by atoms with Crippen LogP contribution in [0.2, 0.25) is 0 Å². The van der Waals surface area contributed by atoms with E-state index in [0.29, 0.717) is 13.2 Å². The zero-order chi connectivity index (χ0) is 16.5. The predicted octanol–water partition coefficient (Wildman–Crippen LogP) is 2.15. The summed E-state index contributed by atoms with van der Waals surface area (Å²) in [6, 6.07) is 8.83. The van der Waals surface area contributed by atoms with Gasteiger partial charge in [-0.2, -0.15) is 0 Å². The third kappa shape index (κ3) is 5.60. The molecule has 2 N–H and O–H groups in total. The minimum atomic E-state index is 0.222. The number of aliphatic imine (C=N–C) groups is 1. The van der Waals surface area contributed by atoms with Crippen LogP contribution in [0, 0.1) is 0 Å². The number of methoxy groups -OCH3 is 1. The van der Waals surface area contributed by atoms with Gasteiger partial charge in [0.1, 0.15) is 0 Å². The number of guanidine groups is 1. The highest BCUT2D eigenvalue weighted by atomic mass is 16.5. The first-order valence-electron chi connectivity index (χ1n) is 8.25. The van der Waals surface area contributed by atoms with Crippen LogP contribution in [-0.4, -0.2) is 45.4 Å². The maximum Gasteiger partial charge on any atom is 0.191 e. The third-order valence-corrected chi connectivity index (χ3v) is 3.66. The Morgan fingerprint density at radius 2 is 2.13 bits per heavy atom. The van der Waals surface area contributed by atoms with E-state index in [-0.39, 0.29) is 6.04 Å². The zero-order valence-electron chi connectivity index (χ0n) is 14.4. The summed E-state index contributed by atoms with van der Waals surface area (Å²) >= 11 is 0.